The van der Waals surface area contributed by atoms with Gasteiger partial charge in [0.15, 0.2) is 0 Å². The number of hydrogen-bond donors (Lipinski definition) is 1. The molecule has 2 heterocycles. The van der Waals surface area contributed by atoms with Gasteiger partial charge in [-0.05, 0) is 43.0 Å². The van der Waals surface area contributed by atoms with Crippen LogP contribution in [0.5, 0.6) is 5.75 Å². The largest absolute Gasteiger partial charge is 0.497 e. The standard InChI is InChI=1S/C14H16O4/c1-14-11-4-3-9(17-2)5-8(11)6-10(18-14)7-12(14)13(15)16/h3-5,10,12H,6-7H2,1-2H3,(H,15,16)/t10-,12-,14+/m0/s1. The molecule has 18 heavy (non-hydrogen) atoms. The van der Waals surface area contributed by atoms with Crippen LogP contribution in [0.3, 0.4) is 0 Å². The van der Waals surface area contributed by atoms with Gasteiger partial charge in [-0.25, -0.2) is 0 Å². The summed E-state index contributed by atoms with van der Waals surface area (Å²) in [5.74, 6) is -0.425. The van der Waals surface area contributed by atoms with Crippen molar-refractivity contribution in [1.82, 2.24) is 0 Å². The average Bonchev–Trinajstić information content (AvgIpc) is 2.61. The maximum atomic E-state index is 11.4. The van der Waals surface area contributed by atoms with E-state index in [0.717, 1.165) is 23.3 Å². The van der Waals surface area contributed by atoms with Crippen LogP contribution in [0, 0.1) is 5.92 Å². The third-order valence-corrected chi connectivity index (χ3v) is 4.17. The topological polar surface area (TPSA) is 55.8 Å². The molecule has 1 fully saturated rings. The second-order valence-electron chi connectivity index (χ2n) is 5.20. The maximum absolute atomic E-state index is 11.4. The third kappa shape index (κ3) is 1.45. The molecule has 4 nitrogen and oxygen atoms in total. The molecule has 1 N–H and O–H groups in total. The second-order valence-corrected chi connectivity index (χ2v) is 5.20. The molecule has 2 aliphatic heterocycles. The lowest BCUT2D eigenvalue weighted by molar-refractivity contribution is -0.149. The number of carboxylic acids is 1. The fraction of sp³-hybridized carbons (Fsp3) is 0.500. The summed E-state index contributed by atoms with van der Waals surface area (Å²) >= 11 is 0. The number of methoxy groups -OCH3 is 1. The van der Waals surface area contributed by atoms with Gasteiger partial charge in [0.25, 0.3) is 0 Å². The van der Waals surface area contributed by atoms with Gasteiger partial charge in [0, 0.05) is 0 Å². The number of hydrogen-bond acceptors (Lipinski definition) is 3. The molecule has 0 amide bonds. The Bertz CT molecular complexity index is 511. The predicted octanol–water partition coefficient (Wildman–Crippen LogP) is 1.96. The van der Waals surface area contributed by atoms with Crippen molar-refractivity contribution in [3.63, 3.8) is 0 Å². The van der Waals surface area contributed by atoms with Gasteiger partial charge in [-0.3, -0.25) is 4.79 Å². The smallest absolute Gasteiger partial charge is 0.309 e. The van der Waals surface area contributed by atoms with Crippen LogP contribution in [-0.2, 0) is 21.6 Å². The lowest BCUT2D eigenvalue weighted by Crippen LogP contribution is -2.37. The zero-order valence-electron chi connectivity index (χ0n) is 10.5. The van der Waals surface area contributed by atoms with Crippen molar-refractivity contribution in [2.45, 2.75) is 31.5 Å². The highest BCUT2D eigenvalue weighted by atomic mass is 16.5. The molecule has 0 unspecified atom stereocenters. The number of carbonyl (C=O) groups is 1. The zero-order chi connectivity index (χ0) is 12.9. The molecule has 0 saturated carbocycles. The van der Waals surface area contributed by atoms with Crippen molar-refractivity contribution in [2.24, 2.45) is 5.92 Å². The van der Waals surface area contributed by atoms with Crippen molar-refractivity contribution < 1.29 is 19.4 Å². The average molecular weight is 248 g/mol. The first-order valence-electron chi connectivity index (χ1n) is 6.12. The SMILES string of the molecule is COc1ccc2c(c1)C[C@H]1C[C@@H](C(=O)O)[C@]2(C)O1. The number of ether oxygens (including phenoxy) is 2. The number of carboxylic acid groups (broad SMARTS) is 1. The van der Waals surface area contributed by atoms with Crippen molar-refractivity contribution in [1.29, 1.82) is 0 Å². The molecule has 0 spiro atoms. The first kappa shape index (κ1) is 11.5. The minimum absolute atomic E-state index is 0.00991. The van der Waals surface area contributed by atoms with E-state index in [1.165, 1.54) is 0 Å². The van der Waals surface area contributed by atoms with Crippen molar-refractivity contribution in [3.8, 4) is 5.75 Å². The van der Waals surface area contributed by atoms with E-state index in [1.54, 1.807) is 7.11 Å². The van der Waals surface area contributed by atoms with E-state index >= 15 is 0 Å². The number of rotatable bonds is 2. The van der Waals surface area contributed by atoms with Gasteiger partial charge in [-0.1, -0.05) is 6.07 Å². The molecule has 1 aromatic rings. The molecule has 0 aliphatic carbocycles. The van der Waals surface area contributed by atoms with Crippen LogP contribution in [-0.4, -0.2) is 24.3 Å². The Balaban J connectivity index is 2.11. The summed E-state index contributed by atoms with van der Waals surface area (Å²) in [5.41, 5.74) is 1.44. The highest BCUT2D eigenvalue weighted by Crippen LogP contribution is 2.50. The Morgan fingerprint density at radius 2 is 2.33 bits per heavy atom. The minimum Gasteiger partial charge on any atom is -0.497 e. The van der Waals surface area contributed by atoms with Gasteiger partial charge in [-0.2, -0.15) is 0 Å². The molecule has 96 valence electrons. The van der Waals surface area contributed by atoms with E-state index in [4.69, 9.17) is 9.47 Å². The van der Waals surface area contributed by atoms with Crippen LogP contribution in [0.25, 0.3) is 0 Å². The fourth-order valence-electron chi connectivity index (χ4n) is 3.27. The Morgan fingerprint density at radius 1 is 1.56 bits per heavy atom. The van der Waals surface area contributed by atoms with Crippen LogP contribution < -0.4 is 4.74 Å². The summed E-state index contributed by atoms with van der Waals surface area (Å²) < 4.78 is 11.2. The monoisotopic (exact) mass is 248 g/mol. The van der Waals surface area contributed by atoms with Gasteiger partial charge >= 0.3 is 5.97 Å². The van der Waals surface area contributed by atoms with Crippen molar-refractivity contribution in [2.75, 3.05) is 7.11 Å². The van der Waals surface area contributed by atoms with Gasteiger partial charge in [0.05, 0.1) is 19.1 Å². The number of aliphatic carboxylic acids is 1. The molecule has 3 rings (SSSR count). The molecule has 1 saturated heterocycles. The summed E-state index contributed by atoms with van der Waals surface area (Å²) in [5, 5.41) is 9.35. The molecular weight excluding hydrogens is 232 g/mol. The molecule has 3 atom stereocenters. The van der Waals surface area contributed by atoms with Gasteiger partial charge in [0.2, 0.25) is 0 Å². The molecular formula is C14H16O4. The van der Waals surface area contributed by atoms with Crippen molar-refractivity contribution >= 4 is 5.97 Å². The molecule has 2 bridgehead atoms. The zero-order valence-corrected chi connectivity index (χ0v) is 10.5. The Morgan fingerprint density at radius 3 is 3.00 bits per heavy atom. The Kier molecular flexibility index (Phi) is 2.38. The molecule has 2 aliphatic rings. The van der Waals surface area contributed by atoms with E-state index in [0.29, 0.717) is 6.42 Å². The Hall–Kier alpha value is -1.55. The van der Waals surface area contributed by atoms with Gasteiger partial charge in [0.1, 0.15) is 11.4 Å². The lowest BCUT2D eigenvalue weighted by atomic mass is 9.82. The molecule has 0 aromatic heterocycles. The normalized spacial score (nSPS) is 33.0. The molecule has 1 aromatic carbocycles. The van der Waals surface area contributed by atoms with E-state index < -0.39 is 17.5 Å². The number of fused-ring (bicyclic) bond motifs is 4. The van der Waals surface area contributed by atoms with Crippen LogP contribution in [0.4, 0.5) is 0 Å². The van der Waals surface area contributed by atoms with E-state index in [9.17, 15) is 9.90 Å². The van der Waals surface area contributed by atoms with Crippen LogP contribution in [0.15, 0.2) is 18.2 Å². The summed E-state index contributed by atoms with van der Waals surface area (Å²) in [6, 6.07) is 5.80. The van der Waals surface area contributed by atoms with Crippen LogP contribution in [0.1, 0.15) is 24.5 Å². The second kappa shape index (κ2) is 3.72. The van der Waals surface area contributed by atoms with Gasteiger partial charge < -0.3 is 14.6 Å². The fourth-order valence-corrected chi connectivity index (χ4v) is 3.27. The van der Waals surface area contributed by atoms with E-state index in [1.807, 2.05) is 25.1 Å². The Labute approximate surface area is 106 Å². The summed E-state index contributed by atoms with van der Waals surface area (Å²) in [6.07, 6.45) is 1.37. The lowest BCUT2D eigenvalue weighted by Gasteiger charge is -2.34. The quantitative estimate of drug-likeness (QED) is 0.869. The van der Waals surface area contributed by atoms with E-state index in [-0.39, 0.29) is 6.10 Å². The number of benzene rings is 1. The van der Waals surface area contributed by atoms with E-state index in [2.05, 4.69) is 0 Å². The minimum atomic E-state index is -0.774. The highest BCUT2D eigenvalue weighted by molar-refractivity contribution is 5.73. The summed E-state index contributed by atoms with van der Waals surface area (Å²) in [4.78, 5) is 11.4. The molecule has 0 radical (unpaired) electrons. The van der Waals surface area contributed by atoms with Crippen LogP contribution in [0.2, 0.25) is 0 Å². The maximum Gasteiger partial charge on any atom is 0.309 e. The first-order valence-corrected chi connectivity index (χ1v) is 6.12. The first-order chi connectivity index (χ1) is 8.54. The van der Waals surface area contributed by atoms with Crippen LogP contribution >= 0.6 is 0 Å². The summed E-state index contributed by atoms with van der Waals surface area (Å²) in [7, 11) is 1.64. The van der Waals surface area contributed by atoms with Crippen molar-refractivity contribution in [3.05, 3.63) is 29.3 Å². The summed E-state index contributed by atoms with van der Waals surface area (Å²) in [6.45, 7) is 1.89. The molecule has 4 heteroatoms. The predicted molar refractivity (Wildman–Crippen MR) is 64.7 cm³/mol. The highest BCUT2D eigenvalue weighted by Gasteiger charge is 2.53. The van der Waals surface area contributed by atoms with Gasteiger partial charge in [-0.15, -0.1) is 0 Å². The third-order valence-electron chi connectivity index (χ3n) is 4.17.